The highest BCUT2D eigenvalue weighted by Crippen LogP contribution is 2.11. The maximum absolute atomic E-state index is 5.90. The molecule has 10 heavy (non-hydrogen) atoms. The van der Waals surface area contributed by atoms with E-state index in [0.29, 0.717) is 0 Å². The minimum atomic E-state index is -0.0267. The molecule has 0 saturated carbocycles. The monoisotopic (exact) mass is 155 g/mol. The smallest absolute Gasteiger partial charge is 0.126 e. The van der Waals surface area contributed by atoms with Crippen molar-refractivity contribution < 1.29 is 0 Å². The van der Waals surface area contributed by atoms with Crippen LogP contribution < -0.4 is 0 Å². The third-order valence-electron chi connectivity index (χ3n) is 1.25. The van der Waals surface area contributed by atoms with E-state index in [1.54, 1.807) is 0 Å². The molecule has 0 spiro atoms. The van der Waals surface area contributed by atoms with Crippen LogP contribution in [-0.2, 0) is 0 Å². The molecule has 1 unspecified atom stereocenters. The molecule has 0 radical (unpaired) electrons. The second-order valence-corrected chi connectivity index (χ2v) is 2.48. The number of hydrogen-bond acceptors (Lipinski definition) is 1. The van der Waals surface area contributed by atoms with Crippen LogP contribution in [0.1, 0.15) is 6.92 Å². The second-order valence-electron chi connectivity index (χ2n) is 2.03. The van der Waals surface area contributed by atoms with Gasteiger partial charge in [0.15, 0.2) is 0 Å². The Labute approximate surface area is 66.3 Å². The van der Waals surface area contributed by atoms with Gasteiger partial charge < -0.3 is 4.90 Å². The fourth-order valence-electron chi connectivity index (χ4n) is 0.791. The van der Waals surface area contributed by atoms with E-state index in [0.717, 1.165) is 0 Å². The Morgan fingerprint density at radius 3 is 2.90 bits per heavy atom. The summed E-state index contributed by atoms with van der Waals surface area (Å²) in [5.41, 5.74) is -0.0267. The van der Waals surface area contributed by atoms with Gasteiger partial charge in [-0.25, -0.2) is 0 Å². The van der Waals surface area contributed by atoms with E-state index < -0.39 is 0 Å². The van der Waals surface area contributed by atoms with Crippen LogP contribution in [0.5, 0.6) is 0 Å². The molecule has 1 aliphatic rings. The standard InChI is InChI=1S/C8H10ClN/c1-2-6-10-7-4-3-5-8(10)9/h2-8H,1H3. The summed E-state index contributed by atoms with van der Waals surface area (Å²) in [6, 6.07) is 0. The molecule has 0 aromatic carbocycles. The van der Waals surface area contributed by atoms with Crippen molar-refractivity contribution >= 4 is 11.6 Å². The lowest BCUT2D eigenvalue weighted by molar-refractivity contribution is 0.518. The lowest BCUT2D eigenvalue weighted by Gasteiger charge is -2.20. The van der Waals surface area contributed by atoms with Gasteiger partial charge >= 0.3 is 0 Å². The molecule has 0 aromatic rings. The molecule has 1 nitrogen and oxygen atoms in total. The number of halogens is 1. The summed E-state index contributed by atoms with van der Waals surface area (Å²) in [5, 5.41) is 0. The van der Waals surface area contributed by atoms with Gasteiger partial charge in [-0.05, 0) is 19.1 Å². The van der Waals surface area contributed by atoms with Crippen molar-refractivity contribution in [2.45, 2.75) is 12.4 Å². The maximum atomic E-state index is 5.90. The summed E-state index contributed by atoms with van der Waals surface area (Å²) in [6.45, 7) is 1.97. The predicted molar refractivity (Wildman–Crippen MR) is 44.6 cm³/mol. The van der Waals surface area contributed by atoms with Gasteiger partial charge in [-0.15, -0.1) is 0 Å². The van der Waals surface area contributed by atoms with Crippen LogP contribution >= 0.6 is 11.6 Å². The minimum absolute atomic E-state index is 0.0267. The molecular weight excluding hydrogens is 146 g/mol. The number of rotatable bonds is 1. The van der Waals surface area contributed by atoms with Crippen LogP contribution in [0.25, 0.3) is 0 Å². The quantitative estimate of drug-likeness (QED) is 0.416. The molecule has 1 rings (SSSR count). The van der Waals surface area contributed by atoms with Crippen molar-refractivity contribution in [3.8, 4) is 0 Å². The fourth-order valence-corrected chi connectivity index (χ4v) is 1.00. The molecule has 1 heterocycles. The van der Waals surface area contributed by atoms with Gasteiger partial charge in [-0.2, -0.15) is 0 Å². The molecule has 2 heteroatoms. The van der Waals surface area contributed by atoms with Gasteiger partial charge in [0.25, 0.3) is 0 Å². The average molecular weight is 156 g/mol. The molecule has 54 valence electrons. The summed E-state index contributed by atoms with van der Waals surface area (Å²) in [7, 11) is 0. The molecule has 0 N–H and O–H groups in total. The number of allylic oxidation sites excluding steroid dienone is 3. The van der Waals surface area contributed by atoms with E-state index in [1.807, 2.05) is 48.5 Å². The Kier molecular flexibility index (Phi) is 2.57. The Morgan fingerprint density at radius 1 is 1.50 bits per heavy atom. The van der Waals surface area contributed by atoms with Crippen LogP contribution in [0.15, 0.2) is 36.7 Å². The Balaban J connectivity index is 2.61. The molecular formula is C8H10ClN. The molecule has 1 aliphatic heterocycles. The van der Waals surface area contributed by atoms with Crippen LogP contribution in [0.3, 0.4) is 0 Å². The predicted octanol–water partition coefficient (Wildman–Crippen LogP) is 2.47. The number of hydrogen-bond donors (Lipinski definition) is 0. The molecule has 0 aliphatic carbocycles. The van der Waals surface area contributed by atoms with Crippen molar-refractivity contribution in [1.29, 1.82) is 0 Å². The first-order chi connectivity index (χ1) is 4.84. The van der Waals surface area contributed by atoms with E-state index in [1.165, 1.54) is 0 Å². The highest BCUT2D eigenvalue weighted by Gasteiger charge is 2.05. The molecule has 0 amide bonds. The minimum Gasteiger partial charge on any atom is -0.334 e. The third-order valence-corrected chi connectivity index (χ3v) is 1.62. The van der Waals surface area contributed by atoms with Crippen molar-refractivity contribution in [3.05, 3.63) is 36.7 Å². The van der Waals surface area contributed by atoms with Crippen molar-refractivity contribution in [2.75, 3.05) is 0 Å². The van der Waals surface area contributed by atoms with Gasteiger partial charge in [0.05, 0.1) is 0 Å². The van der Waals surface area contributed by atoms with Gasteiger partial charge in [0.1, 0.15) is 5.50 Å². The van der Waals surface area contributed by atoms with Gasteiger partial charge in [-0.3, -0.25) is 0 Å². The van der Waals surface area contributed by atoms with Gasteiger partial charge in [0, 0.05) is 12.4 Å². The zero-order valence-corrected chi connectivity index (χ0v) is 6.62. The molecule has 0 aromatic heterocycles. The summed E-state index contributed by atoms with van der Waals surface area (Å²) in [6.07, 6.45) is 11.7. The van der Waals surface area contributed by atoms with E-state index >= 15 is 0 Å². The first kappa shape index (κ1) is 7.42. The third kappa shape index (κ3) is 1.64. The Morgan fingerprint density at radius 2 is 2.30 bits per heavy atom. The lowest BCUT2D eigenvalue weighted by Crippen LogP contribution is -2.19. The van der Waals surface area contributed by atoms with E-state index in [-0.39, 0.29) is 5.50 Å². The zero-order chi connectivity index (χ0) is 7.40. The zero-order valence-electron chi connectivity index (χ0n) is 5.87. The Hall–Kier alpha value is -0.690. The van der Waals surface area contributed by atoms with Crippen LogP contribution in [0.4, 0.5) is 0 Å². The van der Waals surface area contributed by atoms with E-state index in [9.17, 15) is 0 Å². The summed E-state index contributed by atoms with van der Waals surface area (Å²) < 4.78 is 0. The van der Waals surface area contributed by atoms with E-state index in [2.05, 4.69) is 0 Å². The Bertz CT molecular complexity index is 182. The normalized spacial score (nSPS) is 24.6. The first-order valence-corrected chi connectivity index (χ1v) is 3.67. The van der Waals surface area contributed by atoms with Crippen LogP contribution in [0.2, 0.25) is 0 Å². The summed E-state index contributed by atoms with van der Waals surface area (Å²) in [5.74, 6) is 0. The van der Waals surface area contributed by atoms with Gasteiger partial charge in [-0.1, -0.05) is 23.8 Å². The molecule has 1 atom stereocenters. The fraction of sp³-hybridized carbons (Fsp3) is 0.250. The average Bonchev–Trinajstić information content (AvgIpc) is 1.94. The van der Waals surface area contributed by atoms with Crippen molar-refractivity contribution in [1.82, 2.24) is 4.90 Å². The van der Waals surface area contributed by atoms with Crippen LogP contribution in [-0.4, -0.2) is 10.4 Å². The lowest BCUT2D eigenvalue weighted by atomic mass is 10.3. The molecule has 0 fully saturated rings. The van der Waals surface area contributed by atoms with Crippen LogP contribution in [0, 0.1) is 0 Å². The molecule has 0 saturated heterocycles. The summed E-state index contributed by atoms with van der Waals surface area (Å²) >= 11 is 5.90. The van der Waals surface area contributed by atoms with Gasteiger partial charge in [0.2, 0.25) is 0 Å². The first-order valence-electron chi connectivity index (χ1n) is 3.24. The maximum Gasteiger partial charge on any atom is 0.126 e. The SMILES string of the molecule is CC=CN1C=CC=CC1Cl. The van der Waals surface area contributed by atoms with E-state index in [4.69, 9.17) is 11.6 Å². The molecule has 0 bridgehead atoms. The van der Waals surface area contributed by atoms with Crippen molar-refractivity contribution in [2.24, 2.45) is 0 Å². The second kappa shape index (κ2) is 3.47. The summed E-state index contributed by atoms with van der Waals surface area (Å²) in [4.78, 5) is 1.93. The highest BCUT2D eigenvalue weighted by molar-refractivity contribution is 6.21. The number of nitrogens with zero attached hydrogens (tertiary/aromatic N) is 1. The highest BCUT2D eigenvalue weighted by atomic mass is 35.5. The number of alkyl halides is 1. The topological polar surface area (TPSA) is 3.24 Å². The van der Waals surface area contributed by atoms with Crippen molar-refractivity contribution in [3.63, 3.8) is 0 Å². The largest absolute Gasteiger partial charge is 0.334 e.